The van der Waals surface area contributed by atoms with Gasteiger partial charge in [0.25, 0.3) is 0 Å². The predicted octanol–water partition coefficient (Wildman–Crippen LogP) is 2.65. The predicted molar refractivity (Wildman–Crippen MR) is 66.2 cm³/mol. The molecular formula is C13H16N2O2. The molecule has 2 amide bonds. The molecule has 0 atom stereocenters. The molecule has 1 N–H and O–H groups in total. The van der Waals surface area contributed by atoms with Crippen LogP contribution in [0.1, 0.15) is 35.7 Å². The standard InChI is InChI=1S/C13H16N2O2/c1-3-4-12(16)9-5-6-11-10(7-9)8-15(2)13(17)14-11/h5-7H,3-4,8H2,1-2H3,(H,14,17). The van der Waals surface area contributed by atoms with Crippen LogP contribution in [-0.2, 0) is 6.54 Å². The third-order valence-corrected chi connectivity index (χ3v) is 2.90. The molecule has 1 aromatic rings. The van der Waals surface area contributed by atoms with E-state index >= 15 is 0 Å². The molecule has 0 saturated carbocycles. The topological polar surface area (TPSA) is 49.4 Å². The van der Waals surface area contributed by atoms with Crippen molar-refractivity contribution in [2.24, 2.45) is 0 Å². The van der Waals surface area contributed by atoms with E-state index in [0.717, 1.165) is 23.2 Å². The molecule has 17 heavy (non-hydrogen) atoms. The number of Topliss-reactive ketones (excluding diaryl/α,β-unsaturated/α-hetero) is 1. The molecule has 0 unspecified atom stereocenters. The third kappa shape index (κ3) is 2.30. The van der Waals surface area contributed by atoms with Crippen LogP contribution in [0.2, 0.25) is 0 Å². The lowest BCUT2D eigenvalue weighted by Gasteiger charge is -2.26. The van der Waals surface area contributed by atoms with Crippen LogP contribution in [0.15, 0.2) is 18.2 Å². The van der Waals surface area contributed by atoms with E-state index in [1.54, 1.807) is 18.0 Å². The highest BCUT2D eigenvalue weighted by molar-refractivity contribution is 5.98. The van der Waals surface area contributed by atoms with Gasteiger partial charge in [0.15, 0.2) is 5.78 Å². The maximum absolute atomic E-state index is 11.8. The Hall–Kier alpha value is -1.84. The van der Waals surface area contributed by atoms with Crippen LogP contribution in [-0.4, -0.2) is 23.8 Å². The highest BCUT2D eigenvalue weighted by Crippen LogP contribution is 2.24. The van der Waals surface area contributed by atoms with Gasteiger partial charge in [-0.15, -0.1) is 0 Å². The highest BCUT2D eigenvalue weighted by atomic mass is 16.2. The third-order valence-electron chi connectivity index (χ3n) is 2.90. The molecule has 0 bridgehead atoms. The number of nitrogens with zero attached hydrogens (tertiary/aromatic N) is 1. The summed E-state index contributed by atoms with van der Waals surface area (Å²) >= 11 is 0. The Labute approximate surface area is 101 Å². The van der Waals surface area contributed by atoms with E-state index in [2.05, 4.69) is 5.32 Å². The number of ketones is 1. The van der Waals surface area contributed by atoms with E-state index in [9.17, 15) is 9.59 Å². The van der Waals surface area contributed by atoms with Crippen molar-refractivity contribution in [1.82, 2.24) is 4.90 Å². The summed E-state index contributed by atoms with van der Waals surface area (Å²) in [4.78, 5) is 24.8. The van der Waals surface area contributed by atoms with Gasteiger partial charge >= 0.3 is 6.03 Å². The molecule has 0 saturated heterocycles. The van der Waals surface area contributed by atoms with Gasteiger partial charge in [-0.2, -0.15) is 0 Å². The van der Waals surface area contributed by atoms with Crippen LogP contribution in [0.25, 0.3) is 0 Å². The Balaban J connectivity index is 2.28. The van der Waals surface area contributed by atoms with Gasteiger partial charge in [-0.05, 0) is 30.2 Å². The fourth-order valence-electron chi connectivity index (χ4n) is 1.93. The lowest BCUT2D eigenvalue weighted by Crippen LogP contribution is -2.35. The lowest BCUT2D eigenvalue weighted by atomic mass is 10.0. The molecule has 4 nitrogen and oxygen atoms in total. The van der Waals surface area contributed by atoms with E-state index in [0.29, 0.717) is 13.0 Å². The van der Waals surface area contributed by atoms with Crippen molar-refractivity contribution >= 4 is 17.5 Å². The number of fused-ring (bicyclic) bond motifs is 1. The normalized spacial score (nSPS) is 14.2. The first-order valence-electron chi connectivity index (χ1n) is 5.80. The second kappa shape index (κ2) is 4.57. The minimum absolute atomic E-state index is 0.106. The molecule has 0 radical (unpaired) electrons. The van der Waals surface area contributed by atoms with Gasteiger partial charge in [0.05, 0.1) is 0 Å². The number of hydrogen-bond acceptors (Lipinski definition) is 2. The van der Waals surface area contributed by atoms with Crippen LogP contribution in [0, 0.1) is 0 Å². The van der Waals surface area contributed by atoms with Crippen molar-refractivity contribution in [2.45, 2.75) is 26.3 Å². The summed E-state index contributed by atoms with van der Waals surface area (Å²) in [6, 6.07) is 5.36. The molecule has 90 valence electrons. The molecular weight excluding hydrogens is 216 g/mol. The Morgan fingerprint density at radius 1 is 1.47 bits per heavy atom. The van der Waals surface area contributed by atoms with Gasteiger partial charge in [0.1, 0.15) is 0 Å². The zero-order chi connectivity index (χ0) is 12.4. The van der Waals surface area contributed by atoms with E-state index < -0.39 is 0 Å². The number of carbonyl (C=O) groups is 2. The Morgan fingerprint density at radius 3 is 2.94 bits per heavy atom. The summed E-state index contributed by atoms with van der Waals surface area (Å²) in [6.45, 7) is 2.54. The summed E-state index contributed by atoms with van der Waals surface area (Å²) in [7, 11) is 1.73. The first-order valence-corrected chi connectivity index (χ1v) is 5.80. The first kappa shape index (κ1) is 11.6. The van der Waals surface area contributed by atoms with Gasteiger partial charge in [0, 0.05) is 31.3 Å². The second-order valence-electron chi connectivity index (χ2n) is 4.33. The van der Waals surface area contributed by atoms with E-state index in [-0.39, 0.29) is 11.8 Å². The maximum atomic E-state index is 11.8. The summed E-state index contributed by atoms with van der Waals surface area (Å²) in [5, 5.41) is 2.78. The van der Waals surface area contributed by atoms with Crippen molar-refractivity contribution in [3.8, 4) is 0 Å². The number of benzene rings is 1. The van der Waals surface area contributed by atoms with Crippen LogP contribution in [0.5, 0.6) is 0 Å². The fraction of sp³-hybridized carbons (Fsp3) is 0.385. The Morgan fingerprint density at radius 2 is 2.24 bits per heavy atom. The van der Waals surface area contributed by atoms with Crippen LogP contribution in [0.3, 0.4) is 0 Å². The van der Waals surface area contributed by atoms with Gasteiger partial charge in [-0.25, -0.2) is 4.79 Å². The molecule has 0 spiro atoms. The zero-order valence-corrected chi connectivity index (χ0v) is 10.1. The van der Waals surface area contributed by atoms with E-state index in [1.165, 1.54) is 0 Å². The van der Waals surface area contributed by atoms with E-state index in [4.69, 9.17) is 0 Å². The first-order chi connectivity index (χ1) is 8.11. The van der Waals surface area contributed by atoms with Crippen molar-refractivity contribution in [1.29, 1.82) is 0 Å². The van der Waals surface area contributed by atoms with Gasteiger partial charge in [0.2, 0.25) is 0 Å². The summed E-state index contributed by atoms with van der Waals surface area (Å²) in [5.74, 6) is 0.162. The average molecular weight is 232 g/mol. The highest BCUT2D eigenvalue weighted by Gasteiger charge is 2.20. The summed E-state index contributed by atoms with van der Waals surface area (Å²) in [5.41, 5.74) is 2.53. The summed E-state index contributed by atoms with van der Waals surface area (Å²) < 4.78 is 0. The minimum Gasteiger partial charge on any atom is -0.323 e. The molecule has 4 heteroatoms. The SMILES string of the molecule is CCCC(=O)c1ccc2c(c1)CN(C)C(=O)N2. The number of anilines is 1. The van der Waals surface area contributed by atoms with Crippen molar-refractivity contribution in [2.75, 3.05) is 12.4 Å². The van der Waals surface area contributed by atoms with Crippen LogP contribution < -0.4 is 5.32 Å². The molecule has 0 fully saturated rings. The van der Waals surface area contributed by atoms with Crippen molar-refractivity contribution < 1.29 is 9.59 Å². The summed E-state index contributed by atoms with van der Waals surface area (Å²) in [6.07, 6.45) is 1.42. The number of hydrogen-bond donors (Lipinski definition) is 1. The average Bonchev–Trinajstić information content (AvgIpc) is 2.30. The molecule has 1 heterocycles. The molecule has 1 aromatic carbocycles. The molecule has 0 aliphatic carbocycles. The number of urea groups is 1. The van der Waals surface area contributed by atoms with Crippen LogP contribution in [0.4, 0.5) is 10.5 Å². The molecule has 2 rings (SSSR count). The van der Waals surface area contributed by atoms with Gasteiger partial charge < -0.3 is 10.2 Å². The lowest BCUT2D eigenvalue weighted by molar-refractivity contribution is 0.0981. The molecule has 1 aliphatic rings. The van der Waals surface area contributed by atoms with Gasteiger partial charge in [-0.3, -0.25) is 4.79 Å². The van der Waals surface area contributed by atoms with Crippen LogP contribution >= 0.6 is 0 Å². The molecule has 0 aromatic heterocycles. The van der Waals surface area contributed by atoms with E-state index in [1.807, 2.05) is 19.1 Å². The van der Waals surface area contributed by atoms with Crippen molar-refractivity contribution in [3.63, 3.8) is 0 Å². The quantitative estimate of drug-likeness (QED) is 0.814. The number of carbonyl (C=O) groups excluding carboxylic acids is 2. The monoisotopic (exact) mass is 232 g/mol. The second-order valence-corrected chi connectivity index (χ2v) is 4.33. The fourth-order valence-corrected chi connectivity index (χ4v) is 1.93. The zero-order valence-electron chi connectivity index (χ0n) is 10.1. The number of amides is 2. The Bertz CT molecular complexity index is 468. The van der Waals surface area contributed by atoms with Gasteiger partial charge in [-0.1, -0.05) is 6.92 Å². The number of rotatable bonds is 3. The minimum atomic E-state index is -0.106. The molecule has 1 aliphatic heterocycles. The van der Waals surface area contributed by atoms with Crippen molar-refractivity contribution in [3.05, 3.63) is 29.3 Å². The smallest absolute Gasteiger partial charge is 0.321 e. The number of nitrogens with one attached hydrogen (secondary N) is 1. The maximum Gasteiger partial charge on any atom is 0.321 e. The largest absolute Gasteiger partial charge is 0.323 e. The Kier molecular flexibility index (Phi) is 3.13.